The van der Waals surface area contributed by atoms with Crippen molar-refractivity contribution >= 4 is 17.2 Å². The lowest BCUT2D eigenvalue weighted by atomic mass is 9.49. The molecule has 5 rings (SSSR count). The van der Waals surface area contributed by atoms with Crippen LogP contribution >= 0.6 is 11.3 Å². The van der Waals surface area contributed by atoms with E-state index in [-0.39, 0.29) is 5.91 Å². The predicted octanol–water partition coefficient (Wildman–Crippen LogP) is 2.49. The number of carbonyl (C=O) groups excluding carboxylic acids is 1. The molecule has 0 spiro atoms. The molecule has 1 heterocycles. The number of hydrogen-bond acceptors (Lipinski definition) is 2. The Bertz CT molecular complexity index is 533. The maximum Gasteiger partial charge on any atom is 0.275 e. The highest BCUT2D eigenvalue weighted by atomic mass is 32.1. The minimum atomic E-state index is 0.249. The van der Waals surface area contributed by atoms with Gasteiger partial charge in [0.25, 0.3) is 5.91 Å². The maximum atomic E-state index is 12.5. The number of amides is 1. The highest BCUT2D eigenvalue weighted by molar-refractivity contribution is 7.09. The van der Waals surface area contributed by atoms with E-state index in [9.17, 15) is 4.79 Å². The summed E-state index contributed by atoms with van der Waals surface area (Å²) in [5.74, 6) is 3.14. The summed E-state index contributed by atoms with van der Waals surface area (Å²) >= 11 is 1.79. The van der Waals surface area contributed by atoms with Crippen molar-refractivity contribution in [3.8, 4) is 0 Å². The molecule has 0 saturated heterocycles. The van der Waals surface area contributed by atoms with Crippen LogP contribution in [0.1, 0.15) is 50.3 Å². The molecular formula is C20H31N2OS+. The smallest absolute Gasteiger partial charge is 0.275 e. The molecule has 1 atom stereocenters. The van der Waals surface area contributed by atoms with E-state index in [0.717, 1.165) is 37.4 Å². The van der Waals surface area contributed by atoms with Gasteiger partial charge in [-0.15, -0.1) is 11.3 Å². The van der Waals surface area contributed by atoms with Gasteiger partial charge in [-0.25, -0.2) is 0 Å². The van der Waals surface area contributed by atoms with Crippen LogP contribution < -0.4 is 10.2 Å². The topological polar surface area (TPSA) is 33.5 Å². The number of hydrogen-bond donors (Lipinski definition) is 2. The Morgan fingerprint density at radius 3 is 2.46 bits per heavy atom. The van der Waals surface area contributed by atoms with Gasteiger partial charge in [0.15, 0.2) is 6.54 Å². The molecule has 4 fully saturated rings. The summed E-state index contributed by atoms with van der Waals surface area (Å²) in [6.07, 6.45) is 8.54. The molecule has 0 aromatic carbocycles. The number of nitrogens with one attached hydrogen (secondary N) is 2. The zero-order valence-corrected chi connectivity index (χ0v) is 15.7. The average molecular weight is 348 g/mol. The molecule has 1 aromatic rings. The van der Waals surface area contributed by atoms with Crippen LogP contribution in [0.15, 0.2) is 17.5 Å². The first-order valence-electron chi connectivity index (χ1n) is 9.77. The van der Waals surface area contributed by atoms with Gasteiger partial charge in [0, 0.05) is 6.54 Å². The van der Waals surface area contributed by atoms with Gasteiger partial charge in [-0.2, -0.15) is 0 Å². The molecule has 4 bridgehead atoms. The molecular weight excluding hydrogens is 316 g/mol. The number of rotatable bonds is 7. The molecule has 4 aliphatic rings. The van der Waals surface area contributed by atoms with Crippen LogP contribution in [-0.4, -0.2) is 25.5 Å². The van der Waals surface area contributed by atoms with Crippen molar-refractivity contribution in [3.05, 3.63) is 22.4 Å². The van der Waals surface area contributed by atoms with Crippen molar-refractivity contribution in [3.63, 3.8) is 0 Å². The molecule has 4 saturated carbocycles. The third kappa shape index (κ3) is 3.55. The van der Waals surface area contributed by atoms with Crippen LogP contribution in [0.3, 0.4) is 0 Å². The third-order valence-electron chi connectivity index (χ3n) is 6.74. The van der Waals surface area contributed by atoms with Gasteiger partial charge in [-0.05, 0) is 80.1 Å². The molecule has 3 nitrogen and oxygen atoms in total. The summed E-state index contributed by atoms with van der Waals surface area (Å²) < 4.78 is 0. The quantitative estimate of drug-likeness (QED) is 0.781. The van der Waals surface area contributed by atoms with Crippen LogP contribution in [-0.2, 0) is 11.3 Å². The van der Waals surface area contributed by atoms with Crippen LogP contribution in [0.4, 0.5) is 0 Å². The van der Waals surface area contributed by atoms with Crippen molar-refractivity contribution in [2.45, 2.75) is 52.0 Å². The molecule has 1 amide bonds. The van der Waals surface area contributed by atoms with Crippen molar-refractivity contribution in [1.82, 2.24) is 5.32 Å². The normalized spacial score (nSPS) is 35.1. The Kier molecular flexibility index (Phi) is 4.70. The van der Waals surface area contributed by atoms with Crippen molar-refractivity contribution in [2.75, 3.05) is 19.6 Å². The van der Waals surface area contributed by atoms with E-state index in [1.165, 1.54) is 48.3 Å². The third-order valence-corrected chi connectivity index (χ3v) is 7.62. The summed E-state index contributed by atoms with van der Waals surface area (Å²) in [5.41, 5.74) is 0.449. The first-order valence-corrected chi connectivity index (χ1v) is 10.6. The fourth-order valence-electron chi connectivity index (χ4n) is 6.05. The van der Waals surface area contributed by atoms with E-state index in [2.05, 4.69) is 29.8 Å². The Labute approximate surface area is 149 Å². The number of carbonyl (C=O) groups is 1. The lowest BCUT2D eigenvalue weighted by Gasteiger charge is -2.56. The molecule has 132 valence electrons. The largest absolute Gasteiger partial charge is 0.351 e. The van der Waals surface area contributed by atoms with Gasteiger partial charge in [0.2, 0.25) is 0 Å². The van der Waals surface area contributed by atoms with E-state index in [1.54, 1.807) is 11.3 Å². The van der Waals surface area contributed by atoms with Crippen molar-refractivity contribution in [1.29, 1.82) is 0 Å². The van der Waals surface area contributed by atoms with Gasteiger partial charge in [0.05, 0.1) is 11.4 Å². The maximum absolute atomic E-state index is 12.5. The van der Waals surface area contributed by atoms with Gasteiger partial charge >= 0.3 is 0 Å². The summed E-state index contributed by atoms with van der Waals surface area (Å²) in [6, 6.07) is 4.27. The predicted molar refractivity (Wildman–Crippen MR) is 98.0 cm³/mol. The number of likely N-dealkylation sites (N-methyl/N-ethyl adjacent to an activating group) is 1. The summed E-state index contributed by atoms with van der Waals surface area (Å²) in [5, 5.41) is 5.45. The second-order valence-electron chi connectivity index (χ2n) is 8.73. The Morgan fingerprint density at radius 2 is 1.92 bits per heavy atom. The summed E-state index contributed by atoms with van der Waals surface area (Å²) in [4.78, 5) is 15.2. The van der Waals surface area contributed by atoms with E-state index in [4.69, 9.17) is 0 Å². The fraction of sp³-hybridized carbons (Fsp3) is 0.750. The fourth-order valence-corrected chi connectivity index (χ4v) is 6.83. The standard InChI is InChI=1S/C20H30N2OS/c1-2-22(12-18-4-3-5-24-18)13-19(23)21-14-20-9-15-6-16(10-20)8-17(7-15)11-20/h3-5,15-17H,2,6-14H2,1H3,(H,21,23)/p+1. The first kappa shape index (κ1) is 16.6. The first-order chi connectivity index (χ1) is 11.6. The van der Waals surface area contributed by atoms with Crippen LogP contribution in [0, 0.1) is 23.2 Å². The highest BCUT2D eigenvalue weighted by Gasteiger charge is 2.50. The zero-order valence-electron chi connectivity index (χ0n) is 14.9. The molecule has 2 N–H and O–H groups in total. The molecule has 1 unspecified atom stereocenters. The molecule has 4 heteroatoms. The minimum absolute atomic E-state index is 0.249. The van der Waals surface area contributed by atoms with Crippen LogP contribution in [0.2, 0.25) is 0 Å². The van der Waals surface area contributed by atoms with E-state index in [0.29, 0.717) is 12.0 Å². The van der Waals surface area contributed by atoms with Crippen molar-refractivity contribution in [2.24, 2.45) is 23.2 Å². The molecule has 0 radical (unpaired) electrons. The van der Waals surface area contributed by atoms with E-state index in [1.807, 2.05) is 0 Å². The van der Waals surface area contributed by atoms with Crippen LogP contribution in [0.5, 0.6) is 0 Å². The highest BCUT2D eigenvalue weighted by Crippen LogP contribution is 2.59. The zero-order chi connectivity index (χ0) is 16.6. The average Bonchev–Trinajstić information content (AvgIpc) is 3.04. The lowest BCUT2D eigenvalue weighted by Crippen LogP contribution is -3.11. The Morgan fingerprint density at radius 1 is 1.25 bits per heavy atom. The van der Waals surface area contributed by atoms with Gasteiger partial charge in [-0.3, -0.25) is 4.79 Å². The molecule has 4 aliphatic carbocycles. The lowest BCUT2D eigenvalue weighted by molar-refractivity contribution is -0.903. The van der Waals surface area contributed by atoms with E-state index < -0.39 is 0 Å². The number of quaternary nitrogens is 1. The summed E-state index contributed by atoms with van der Waals surface area (Å²) in [6.45, 7) is 5.70. The SMILES string of the molecule is CC[NH+](CC(=O)NCC12CC3CC(CC(C3)C1)C2)Cc1cccs1. The van der Waals surface area contributed by atoms with Gasteiger partial charge < -0.3 is 10.2 Å². The van der Waals surface area contributed by atoms with Crippen LogP contribution in [0.25, 0.3) is 0 Å². The molecule has 24 heavy (non-hydrogen) atoms. The second-order valence-corrected chi connectivity index (χ2v) is 9.76. The van der Waals surface area contributed by atoms with E-state index >= 15 is 0 Å². The Hall–Kier alpha value is -0.870. The summed E-state index contributed by atoms with van der Waals surface area (Å²) in [7, 11) is 0. The Balaban J connectivity index is 1.28. The molecule has 0 aliphatic heterocycles. The minimum Gasteiger partial charge on any atom is -0.351 e. The van der Waals surface area contributed by atoms with Crippen molar-refractivity contribution < 1.29 is 9.69 Å². The second kappa shape index (κ2) is 6.80. The molecule has 1 aromatic heterocycles. The number of thiophene rings is 1. The monoisotopic (exact) mass is 347 g/mol. The van der Waals surface area contributed by atoms with Gasteiger partial charge in [-0.1, -0.05) is 6.07 Å². The van der Waals surface area contributed by atoms with Gasteiger partial charge in [0.1, 0.15) is 6.54 Å².